The van der Waals surface area contributed by atoms with E-state index in [1.807, 2.05) is 13.8 Å². The van der Waals surface area contributed by atoms with E-state index in [0.29, 0.717) is 5.92 Å². The average molecular weight is 198 g/mol. The van der Waals surface area contributed by atoms with Crippen LogP contribution in [-0.2, 0) is 4.74 Å². The second kappa shape index (κ2) is 12.4. The quantitative estimate of drug-likeness (QED) is 0.601. The number of allylic oxidation sites excluding steroid dienone is 3. The zero-order chi connectivity index (χ0) is 11.4. The van der Waals surface area contributed by atoms with E-state index in [4.69, 9.17) is 4.74 Å². The van der Waals surface area contributed by atoms with Gasteiger partial charge in [0.05, 0.1) is 6.61 Å². The number of rotatable bonds is 5. The highest BCUT2D eigenvalue weighted by Crippen LogP contribution is 2.12. The fourth-order valence-electron chi connectivity index (χ4n) is 1.15. The Balaban J connectivity index is 0. The normalized spacial score (nSPS) is 13.7. The van der Waals surface area contributed by atoms with Gasteiger partial charge in [-0.3, -0.25) is 0 Å². The fraction of sp³-hybridized carbons (Fsp3) is 0.692. The van der Waals surface area contributed by atoms with E-state index in [0.717, 1.165) is 13.0 Å². The van der Waals surface area contributed by atoms with Gasteiger partial charge in [0, 0.05) is 13.0 Å². The van der Waals surface area contributed by atoms with Gasteiger partial charge in [-0.25, -0.2) is 0 Å². The van der Waals surface area contributed by atoms with E-state index < -0.39 is 0 Å². The Kier molecular flexibility index (Phi) is 14.1. The first-order chi connectivity index (χ1) is 6.76. The molecule has 1 nitrogen and oxygen atoms in total. The first kappa shape index (κ1) is 15.9. The van der Waals surface area contributed by atoms with Crippen molar-refractivity contribution in [2.24, 2.45) is 5.92 Å². The molecule has 0 aliphatic rings. The highest BCUT2D eigenvalue weighted by Gasteiger charge is 2.03. The van der Waals surface area contributed by atoms with E-state index in [9.17, 15) is 0 Å². The summed E-state index contributed by atoms with van der Waals surface area (Å²) in [5.74, 6) is 0.503. The van der Waals surface area contributed by atoms with Gasteiger partial charge in [-0.1, -0.05) is 45.9 Å². The van der Waals surface area contributed by atoms with E-state index in [-0.39, 0.29) is 0 Å². The summed E-state index contributed by atoms with van der Waals surface area (Å²) in [7, 11) is 1.74. The summed E-state index contributed by atoms with van der Waals surface area (Å²) in [5, 5.41) is 0. The third-order valence-corrected chi connectivity index (χ3v) is 1.87. The molecule has 84 valence electrons. The minimum absolute atomic E-state index is 0.503. The van der Waals surface area contributed by atoms with Crippen LogP contribution in [0.5, 0.6) is 0 Å². The van der Waals surface area contributed by atoms with Crippen molar-refractivity contribution in [1.29, 1.82) is 0 Å². The molecule has 1 heteroatoms. The summed E-state index contributed by atoms with van der Waals surface area (Å²) in [6.07, 6.45) is 7.61. The van der Waals surface area contributed by atoms with Crippen LogP contribution in [0.15, 0.2) is 23.8 Å². The van der Waals surface area contributed by atoms with Crippen molar-refractivity contribution in [3.63, 3.8) is 0 Å². The molecule has 0 amide bonds. The second-order valence-corrected chi connectivity index (χ2v) is 2.96. The molecule has 1 unspecified atom stereocenters. The molecule has 0 radical (unpaired) electrons. The molecule has 0 fully saturated rings. The van der Waals surface area contributed by atoms with Crippen molar-refractivity contribution >= 4 is 0 Å². The van der Waals surface area contributed by atoms with Crippen LogP contribution in [0.1, 0.15) is 41.0 Å². The van der Waals surface area contributed by atoms with Crippen molar-refractivity contribution in [3.8, 4) is 0 Å². The minimum atomic E-state index is 0.503. The van der Waals surface area contributed by atoms with Gasteiger partial charge >= 0.3 is 0 Å². The maximum atomic E-state index is 5.09. The van der Waals surface area contributed by atoms with Crippen molar-refractivity contribution in [3.05, 3.63) is 23.8 Å². The van der Waals surface area contributed by atoms with E-state index in [1.54, 1.807) is 7.11 Å². The van der Waals surface area contributed by atoms with Gasteiger partial charge in [-0.2, -0.15) is 0 Å². The lowest BCUT2D eigenvalue weighted by molar-refractivity contribution is 0.173. The van der Waals surface area contributed by atoms with Crippen LogP contribution in [0.3, 0.4) is 0 Å². The number of hydrogen-bond acceptors (Lipinski definition) is 1. The molecule has 0 saturated heterocycles. The smallest absolute Gasteiger partial charge is 0.0528 e. The second-order valence-electron chi connectivity index (χ2n) is 2.96. The van der Waals surface area contributed by atoms with E-state index in [1.165, 1.54) is 5.57 Å². The molecule has 0 aromatic carbocycles. The summed E-state index contributed by atoms with van der Waals surface area (Å²) in [6, 6.07) is 0. The van der Waals surface area contributed by atoms with Gasteiger partial charge in [0.15, 0.2) is 0 Å². The van der Waals surface area contributed by atoms with Crippen LogP contribution in [0.25, 0.3) is 0 Å². The predicted octanol–water partition coefficient (Wildman–Crippen LogP) is 4.21. The molecule has 0 N–H and O–H groups in total. The lowest BCUT2D eigenvalue weighted by Crippen LogP contribution is -2.05. The van der Waals surface area contributed by atoms with Crippen LogP contribution in [0, 0.1) is 5.92 Å². The molecular weight excluding hydrogens is 172 g/mol. The number of ether oxygens (including phenoxy) is 1. The molecule has 0 aromatic rings. The largest absolute Gasteiger partial charge is 0.384 e. The summed E-state index contributed by atoms with van der Waals surface area (Å²) >= 11 is 0. The monoisotopic (exact) mass is 198 g/mol. The molecule has 1 atom stereocenters. The SMILES string of the molecule is C/C=C(\C=C/CC)C(C)COC.CC. The van der Waals surface area contributed by atoms with Gasteiger partial charge in [-0.05, 0) is 18.9 Å². The molecule has 0 aliphatic carbocycles. The third kappa shape index (κ3) is 8.06. The van der Waals surface area contributed by atoms with Crippen LogP contribution >= 0.6 is 0 Å². The van der Waals surface area contributed by atoms with Crippen LogP contribution in [0.2, 0.25) is 0 Å². The first-order valence-corrected chi connectivity index (χ1v) is 5.57. The molecule has 14 heavy (non-hydrogen) atoms. The topological polar surface area (TPSA) is 9.23 Å². The Morgan fingerprint density at radius 1 is 1.36 bits per heavy atom. The Morgan fingerprint density at radius 3 is 2.29 bits per heavy atom. The number of methoxy groups -OCH3 is 1. The summed E-state index contributed by atoms with van der Waals surface area (Å²) < 4.78 is 5.09. The highest BCUT2D eigenvalue weighted by atomic mass is 16.5. The fourth-order valence-corrected chi connectivity index (χ4v) is 1.15. The molecule has 0 saturated carbocycles. The van der Waals surface area contributed by atoms with Gasteiger partial charge in [0.2, 0.25) is 0 Å². The van der Waals surface area contributed by atoms with E-state index in [2.05, 4.69) is 39.0 Å². The Bertz CT molecular complexity index is 157. The first-order valence-electron chi connectivity index (χ1n) is 5.57. The maximum absolute atomic E-state index is 5.09. The molecular formula is C13H26O. The molecule has 0 spiro atoms. The molecule has 0 bridgehead atoms. The summed E-state index contributed by atoms with van der Waals surface area (Å²) in [6.45, 7) is 11.2. The van der Waals surface area contributed by atoms with Gasteiger partial charge in [-0.15, -0.1) is 0 Å². The Morgan fingerprint density at radius 2 is 1.93 bits per heavy atom. The van der Waals surface area contributed by atoms with Crippen molar-refractivity contribution < 1.29 is 4.74 Å². The zero-order valence-electron chi connectivity index (χ0n) is 10.6. The molecule has 0 aliphatic heterocycles. The van der Waals surface area contributed by atoms with Gasteiger partial charge in [0.25, 0.3) is 0 Å². The molecule has 0 heterocycles. The van der Waals surface area contributed by atoms with Crippen molar-refractivity contribution in [2.45, 2.75) is 41.0 Å². The van der Waals surface area contributed by atoms with Crippen LogP contribution < -0.4 is 0 Å². The maximum Gasteiger partial charge on any atom is 0.0528 e. The van der Waals surface area contributed by atoms with E-state index >= 15 is 0 Å². The number of hydrogen-bond donors (Lipinski definition) is 0. The van der Waals surface area contributed by atoms with Gasteiger partial charge in [0.1, 0.15) is 0 Å². The zero-order valence-corrected chi connectivity index (χ0v) is 10.6. The molecule has 0 aromatic heterocycles. The predicted molar refractivity (Wildman–Crippen MR) is 65.6 cm³/mol. The van der Waals surface area contributed by atoms with Crippen molar-refractivity contribution in [1.82, 2.24) is 0 Å². The lowest BCUT2D eigenvalue weighted by atomic mass is 10.0. The lowest BCUT2D eigenvalue weighted by Gasteiger charge is -2.10. The van der Waals surface area contributed by atoms with Crippen molar-refractivity contribution in [2.75, 3.05) is 13.7 Å². The summed E-state index contributed by atoms with van der Waals surface area (Å²) in [5.41, 5.74) is 1.36. The van der Waals surface area contributed by atoms with Crippen LogP contribution in [0.4, 0.5) is 0 Å². The third-order valence-electron chi connectivity index (χ3n) is 1.87. The average Bonchev–Trinajstić information content (AvgIpc) is 2.22. The highest BCUT2D eigenvalue weighted by molar-refractivity contribution is 5.20. The molecule has 0 rings (SSSR count). The standard InChI is InChI=1S/C11H20O.C2H6/c1-5-7-8-11(6-2)10(3)9-12-4;1-2/h6-8,10H,5,9H2,1-4H3;1-2H3/b8-7-,11-6+;. The Labute approximate surface area is 89.9 Å². The van der Waals surface area contributed by atoms with Gasteiger partial charge < -0.3 is 4.74 Å². The minimum Gasteiger partial charge on any atom is -0.384 e. The van der Waals surface area contributed by atoms with Crippen LogP contribution in [-0.4, -0.2) is 13.7 Å². The summed E-state index contributed by atoms with van der Waals surface area (Å²) in [4.78, 5) is 0. The Hall–Kier alpha value is -0.560.